The van der Waals surface area contributed by atoms with Gasteiger partial charge < -0.3 is 20.1 Å². The molecule has 8 nitrogen and oxygen atoms in total. The number of nitrogens with zero attached hydrogens (tertiary/aromatic N) is 1. The minimum Gasteiger partial charge on any atom is -0.484 e. The van der Waals surface area contributed by atoms with E-state index in [-0.39, 0.29) is 31.1 Å². The first-order valence-corrected chi connectivity index (χ1v) is 12.3. The molecule has 2 aromatic rings. The van der Waals surface area contributed by atoms with Crippen LogP contribution in [0.3, 0.4) is 0 Å². The van der Waals surface area contributed by atoms with E-state index >= 15 is 0 Å². The quantitative estimate of drug-likeness (QED) is 0.420. The fourth-order valence-corrected chi connectivity index (χ4v) is 3.91. The van der Waals surface area contributed by atoms with Gasteiger partial charge in [-0.25, -0.2) is 9.59 Å². The fraction of sp³-hybridized carbons (Fsp3) is 0.370. The number of carbonyl (C=O) groups excluding carboxylic acids is 3. The Bertz CT molecular complexity index is 1130. The first-order chi connectivity index (χ1) is 17.2. The van der Waals surface area contributed by atoms with Crippen molar-refractivity contribution in [1.29, 1.82) is 0 Å². The molecule has 9 heteroatoms. The van der Waals surface area contributed by atoms with Crippen molar-refractivity contribution in [2.45, 2.75) is 40.2 Å². The van der Waals surface area contributed by atoms with Crippen molar-refractivity contribution >= 4 is 35.2 Å². The number of halogens is 1. The average Bonchev–Trinajstić information content (AvgIpc) is 2.84. The van der Waals surface area contributed by atoms with Crippen LogP contribution >= 0.6 is 11.6 Å². The third-order valence-electron chi connectivity index (χ3n) is 5.50. The maximum atomic E-state index is 13.1. The summed E-state index contributed by atoms with van der Waals surface area (Å²) in [5.74, 6) is -0.132. The first-order valence-electron chi connectivity index (χ1n) is 11.9. The molecule has 2 N–H and O–H groups in total. The highest BCUT2D eigenvalue weighted by atomic mass is 35.5. The van der Waals surface area contributed by atoms with Crippen molar-refractivity contribution in [3.05, 3.63) is 70.4 Å². The molecule has 2 aromatic carbocycles. The van der Waals surface area contributed by atoms with Gasteiger partial charge in [-0.15, -0.1) is 0 Å². The van der Waals surface area contributed by atoms with Gasteiger partial charge in [-0.05, 0) is 61.2 Å². The summed E-state index contributed by atoms with van der Waals surface area (Å²) in [7, 11) is 0. The summed E-state index contributed by atoms with van der Waals surface area (Å²) in [6.07, 6.45) is 0.739. The molecule has 192 valence electrons. The topological polar surface area (TPSA) is 97.0 Å². The van der Waals surface area contributed by atoms with Crippen LogP contribution in [0.25, 0.3) is 0 Å². The third kappa shape index (κ3) is 7.01. The molecular formula is C27H32ClN3O5. The predicted octanol–water partition coefficient (Wildman–Crippen LogP) is 5.31. The second-order valence-corrected chi connectivity index (χ2v) is 9.38. The van der Waals surface area contributed by atoms with Crippen molar-refractivity contribution in [2.75, 3.05) is 25.1 Å². The second-order valence-electron chi connectivity index (χ2n) is 8.94. The number of urea groups is 1. The Morgan fingerprint density at radius 2 is 1.89 bits per heavy atom. The molecule has 1 heterocycles. The number of nitrogens with one attached hydrogen (secondary N) is 2. The molecule has 1 aliphatic rings. The zero-order valence-corrected chi connectivity index (χ0v) is 21.7. The van der Waals surface area contributed by atoms with Crippen LogP contribution in [0.5, 0.6) is 5.75 Å². The van der Waals surface area contributed by atoms with E-state index in [2.05, 4.69) is 10.6 Å². The Kier molecular flexibility index (Phi) is 9.36. The van der Waals surface area contributed by atoms with E-state index in [1.54, 1.807) is 60.4 Å². The molecule has 0 bridgehead atoms. The largest absolute Gasteiger partial charge is 0.484 e. The van der Waals surface area contributed by atoms with Gasteiger partial charge in [-0.2, -0.15) is 0 Å². The minimum atomic E-state index is -0.715. The fourth-order valence-electron chi connectivity index (χ4n) is 3.78. The zero-order valence-electron chi connectivity index (χ0n) is 21.0. The van der Waals surface area contributed by atoms with E-state index in [1.165, 1.54) is 0 Å². The Labute approximate surface area is 216 Å². The average molecular weight is 514 g/mol. The molecule has 0 fully saturated rings. The maximum Gasteiger partial charge on any atom is 0.338 e. The number of rotatable bonds is 10. The summed E-state index contributed by atoms with van der Waals surface area (Å²) < 4.78 is 11.0. The van der Waals surface area contributed by atoms with Crippen LogP contribution in [0.4, 0.5) is 10.5 Å². The first kappa shape index (κ1) is 27.1. The maximum absolute atomic E-state index is 13.1. The Hall–Kier alpha value is -3.52. The lowest BCUT2D eigenvalue weighted by atomic mass is 9.94. The van der Waals surface area contributed by atoms with E-state index in [9.17, 15) is 14.4 Å². The highest BCUT2D eigenvalue weighted by Gasteiger charge is 2.36. The number of hydrogen-bond acceptors (Lipinski definition) is 5. The van der Waals surface area contributed by atoms with E-state index in [0.29, 0.717) is 39.8 Å². The number of benzene rings is 2. The lowest BCUT2D eigenvalue weighted by Crippen LogP contribution is -2.48. The summed E-state index contributed by atoms with van der Waals surface area (Å²) >= 11 is 5.87. The van der Waals surface area contributed by atoms with E-state index in [4.69, 9.17) is 21.1 Å². The SMILES string of the molecule is CCCN1C(=O)NC(c2cccc(NC(=O)COc3ccc(Cl)cc3)c2)C(C(=O)OCC(C)C)=C1C. The highest BCUT2D eigenvalue weighted by Crippen LogP contribution is 2.32. The van der Waals surface area contributed by atoms with Crippen molar-refractivity contribution in [3.8, 4) is 5.75 Å². The summed E-state index contributed by atoms with van der Waals surface area (Å²) in [6.45, 7) is 8.20. The van der Waals surface area contributed by atoms with Gasteiger partial charge in [-0.1, -0.05) is 44.5 Å². The Morgan fingerprint density at radius 3 is 2.56 bits per heavy atom. The van der Waals surface area contributed by atoms with Crippen molar-refractivity contribution in [2.24, 2.45) is 5.92 Å². The van der Waals surface area contributed by atoms with Crippen LogP contribution in [-0.2, 0) is 14.3 Å². The smallest absolute Gasteiger partial charge is 0.338 e. The van der Waals surface area contributed by atoms with Gasteiger partial charge in [-0.3, -0.25) is 9.69 Å². The molecule has 36 heavy (non-hydrogen) atoms. The van der Waals surface area contributed by atoms with E-state index in [1.807, 2.05) is 20.8 Å². The van der Waals surface area contributed by atoms with Crippen LogP contribution in [0.1, 0.15) is 45.7 Å². The zero-order chi connectivity index (χ0) is 26.2. The molecular weight excluding hydrogens is 482 g/mol. The number of ether oxygens (including phenoxy) is 2. The van der Waals surface area contributed by atoms with Crippen LogP contribution in [-0.4, -0.2) is 42.6 Å². The molecule has 0 aliphatic carbocycles. The normalized spacial score (nSPS) is 15.6. The Morgan fingerprint density at radius 1 is 1.17 bits per heavy atom. The molecule has 0 saturated carbocycles. The molecule has 3 amide bonds. The number of allylic oxidation sites excluding steroid dienone is 1. The molecule has 1 unspecified atom stereocenters. The van der Waals surface area contributed by atoms with Crippen LogP contribution in [0.15, 0.2) is 59.8 Å². The van der Waals surface area contributed by atoms with Gasteiger partial charge in [0.2, 0.25) is 0 Å². The Balaban J connectivity index is 1.80. The van der Waals surface area contributed by atoms with Gasteiger partial charge in [0.05, 0.1) is 18.2 Å². The van der Waals surface area contributed by atoms with Gasteiger partial charge in [0.1, 0.15) is 5.75 Å². The predicted molar refractivity (Wildman–Crippen MR) is 139 cm³/mol. The summed E-state index contributed by atoms with van der Waals surface area (Å²) in [4.78, 5) is 40.0. The monoisotopic (exact) mass is 513 g/mol. The molecule has 1 atom stereocenters. The number of anilines is 1. The van der Waals surface area contributed by atoms with Crippen LogP contribution in [0.2, 0.25) is 5.02 Å². The molecule has 1 aliphatic heterocycles. The van der Waals surface area contributed by atoms with Crippen molar-refractivity contribution in [3.63, 3.8) is 0 Å². The van der Waals surface area contributed by atoms with Gasteiger partial charge in [0.15, 0.2) is 6.61 Å². The summed E-state index contributed by atoms with van der Waals surface area (Å²) in [5.41, 5.74) is 2.09. The highest BCUT2D eigenvalue weighted by molar-refractivity contribution is 6.30. The van der Waals surface area contributed by atoms with Gasteiger partial charge in [0, 0.05) is 23.0 Å². The lowest BCUT2D eigenvalue weighted by Gasteiger charge is -2.35. The number of carbonyl (C=O) groups is 3. The van der Waals surface area contributed by atoms with E-state index < -0.39 is 12.0 Å². The third-order valence-corrected chi connectivity index (χ3v) is 5.75. The summed E-state index contributed by atoms with van der Waals surface area (Å²) in [6, 6.07) is 12.7. The standard InChI is InChI=1S/C27H32ClN3O5/c1-5-13-31-18(4)24(26(33)36-15-17(2)3)25(30-27(31)34)19-7-6-8-21(14-19)29-23(32)16-35-22-11-9-20(28)10-12-22/h6-12,14,17,25H,5,13,15-16H2,1-4H3,(H,29,32)(H,30,34). The second kappa shape index (κ2) is 12.4. The van der Waals surface area contributed by atoms with Crippen molar-refractivity contribution < 1.29 is 23.9 Å². The molecule has 0 aromatic heterocycles. The number of esters is 1. The van der Waals surface area contributed by atoms with Crippen molar-refractivity contribution in [1.82, 2.24) is 10.2 Å². The van der Waals surface area contributed by atoms with Gasteiger partial charge >= 0.3 is 12.0 Å². The molecule has 3 rings (SSSR count). The number of hydrogen-bond donors (Lipinski definition) is 2. The molecule has 0 radical (unpaired) electrons. The van der Waals surface area contributed by atoms with Crippen LogP contribution < -0.4 is 15.4 Å². The van der Waals surface area contributed by atoms with E-state index in [0.717, 1.165) is 6.42 Å². The molecule has 0 spiro atoms. The lowest BCUT2D eigenvalue weighted by molar-refractivity contribution is -0.140. The number of amides is 3. The van der Waals surface area contributed by atoms with Gasteiger partial charge in [0.25, 0.3) is 5.91 Å². The molecule has 0 saturated heterocycles. The summed E-state index contributed by atoms with van der Waals surface area (Å²) in [5, 5.41) is 6.30. The van der Waals surface area contributed by atoms with Crippen LogP contribution in [0, 0.1) is 5.92 Å². The minimum absolute atomic E-state index is 0.173.